The van der Waals surface area contributed by atoms with E-state index in [0.717, 1.165) is 0 Å². The molecule has 0 heterocycles. The first-order valence-corrected chi connectivity index (χ1v) is 5.52. The molecule has 0 rings (SSSR count). The molecule has 0 saturated carbocycles. The SMILES string of the molecule is O=C(Cl)OCCCS(=O)(=O)Cl. The van der Waals surface area contributed by atoms with Gasteiger partial charge in [-0.05, 0) is 6.42 Å². The third-order valence-corrected chi connectivity index (χ3v) is 2.10. The number of hydrogen-bond donors (Lipinski definition) is 0. The van der Waals surface area contributed by atoms with Crippen LogP contribution in [0.4, 0.5) is 4.79 Å². The van der Waals surface area contributed by atoms with E-state index < -0.39 is 14.5 Å². The van der Waals surface area contributed by atoms with Gasteiger partial charge in [0.25, 0.3) is 0 Å². The number of ether oxygens (including phenoxy) is 1. The second kappa shape index (κ2) is 4.79. The van der Waals surface area contributed by atoms with Crippen molar-refractivity contribution < 1.29 is 17.9 Å². The fraction of sp³-hybridized carbons (Fsp3) is 0.750. The van der Waals surface area contributed by atoms with Crippen molar-refractivity contribution in [1.82, 2.24) is 0 Å². The standard InChI is InChI=1S/C4H6Cl2O4S/c5-4(7)10-2-1-3-11(6,8)9/h1-3H2. The Labute approximate surface area is 73.8 Å². The number of rotatable bonds is 4. The van der Waals surface area contributed by atoms with Crippen molar-refractivity contribution in [3.63, 3.8) is 0 Å². The molecule has 0 N–H and O–H groups in total. The highest BCUT2D eigenvalue weighted by atomic mass is 35.7. The van der Waals surface area contributed by atoms with E-state index in [0.29, 0.717) is 0 Å². The zero-order valence-electron chi connectivity index (χ0n) is 5.42. The smallest absolute Gasteiger partial charge is 0.403 e. The quantitative estimate of drug-likeness (QED) is 0.530. The summed E-state index contributed by atoms with van der Waals surface area (Å²) >= 11 is 4.78. The Kier molecular flexibility index (Phi) is 4.79. The van der Waals surface area contributed by atoms with Crippen molar-refractivity contribution in [2.24, 2.45) is 0 Å². The summed E-state index contributed by atoms with van der Waals surface area (Å²) in [5, 5.41) is 0. The van der Waals surface area contributed by atoms with E-state index >= 15 is 0 Å². The Balaban J connectivity index is 3.37. The summed E-state index contributed by atoms with van der Waals surface area (Å²) in [6.45, 7) is -0.0334. The van der Waals surface area contributed by atoms with Crippen LogP contribution < -0.4 is 0 Å². The normalized spacial score (nSPS) is 11.1. The molecule has 0 fully saturated rings. The zero-order valence-corrected chi connectivity index (χ0v) is 7.75. The molecule has 7 heteroatoms. The van der Waals surface area contributed by atoms with Crippen molar-refractivity contribution >= 4 is 36.8 Å². The van der Waals surface area contributed by atoms with E-state index in [1.54, 1.807) is 0 Å². The molecule has 0 aliphatic rings. The van der Waals surface area contributed by atoms with Crippen LogP contribution in [0.2, 0.25) is 0 Å². The lowest BCUT2D eigenvalue weighted by molar-refractivity contribution is 0.174. The first-order chi connectivity index (χ1) is 4.92. The average molecular weight is 221 g/mol. The summed E-state index contributed by atoms with van der Waals surface area (Å²) in [7, 11) is 1.36. The van der Waals surface area contributed by atoms with Crippen LogP contribution in [-0.2, 0) is 13.8 Å². The highest BCUT2D eigenvalue weighted by Gasteiger charge is 2.04. The number of carbonyl (C=O) groups is 1. The monoisotopic (exact) mass is 220 g/mol. The van der Waals surface area contributed by atoms with Crippen LogP contribution in [-0.4, -0.2) is 26.2 Å². The molecule has 0 spiro atoms. The Morgan fingerprint density at radius 1 is 1.45 bits per heavy atom. The Morgan fingerprint density at radius 3 is 2.36 bits per heavy atom. The molecule has 66 valence electrons. The number of halogens is 2. The van der Waals surface area contributed by atoms with Gasteiger partial charge in [-0.3, -0.25) is 0 Å². The van der Waals surface area contributed by atoms with Gasteiger partial charge in [-0.15, -0.1) is 0 Å². The molecule has 0 aliphatic carbocycles. The van der Waals surface area contributed by atoms with Crippen molar-refractivity contribution in [3.8, 4) is 0 Å². The van der Waals surface area contributed by atoms with Gasteiger partial charge in [0.15, 0.2) is 0 Å². The van der Waals surface area contributed by atoms with Gasteiger partial charge in [-0.25, -0.2) is 13.2 Å². The maximum atomic E-state index is 10.3. The third kappa shape index (κ3) is 10.0. The average Bonchev–Trinajstić information content (AvgIpc) is 1.78. The summed E-state index contributed by atoms with van der Waals surface area (Å²) in [4.78, 5) is 9.93. The van der Waals surface area contributed by atoms with Gasteiger partial charge in [-0.1, -0.05) is 0 Å². The molecule has 0 amide bonds. The minimum Gasteiger partial charge on any atom is -0.454 e. The highest BCUT2D eigenvalue weighted by molar-refractivity contribution is 8.13. The van der Waals surface area contributed by atoms with Crippen LogP contribution in [0.1, 0.15) is 6.42 Å². The molecule has 0 radical (unpaired) electrons. The molecule has 11 heavy (non-hydrogen) atoms. The van der Waals surface area contributed by atoms with Crippen molar-refractivity contribution in [1.29, 1.82) is 0 Å². The van der Waals surface area contributed by atoms with E-state index in [2.05, 4.69) is 4.74 Å². The zero-order chi connectivity index (χ0) is 8.91. The Morgan fingerprint density at radius 2 is 2.00 bits per heavy atom. The van der Waals surface area contributed by atoms with Gasteiger partial charge in [0.2, 0.25) is 9.05 Å². The summed E-state index contributed by atoms with van der Waals surface area (Å²) in [6, 6.07) is 0. The molecule has 0 aliphatic heterocycles. The molecule has 4 nitrogen and oxygen atoms in total. The second-order valence-electron chi connectivity index (χ2n) is 1.68. The molecule has 0 unspecified atom stereocenters. The van der Waals surface area contributed by atoms with Gasteiger partial charge in [0.05, 0.1) is 12.4 Å². The lowest BCUT2D eigenvalue weighted by atomic mass is 10.5. The van der Waals surface area contributed by atoms with Crippen molar-refractivity contribution in [3.05, 3.63) is 0 Å². The maximum absolute atomic E-state index is 10.3. The highest BCUT2D eigenvalue weighted by Crippen LogP contribution is 1.99. The van der Waals surface area contributed by atoms with Crippen LogP contribution in [0.5, 0.6) is 0 Å². The van der Waals surface area contributed by atoms with Gasteiger partial charge in [0, 0.05) is 22.3 Å². The maximum Gasteiger partial charge on any atom is 0.403 e. The fourth-order valence-electron chi connectivity index (χ4n) is 0.384. The molecule has 0 bridgehead atoms. The lowest BCUT2D eigenvalue weighted by Gasteiger charge is -1.96. The van der Waals surface area contributed by atoms with Crippen LogP contribution in [0, 0.1) is 0 Å². The second-order valence-corrected chi connectivity index (χ2v) is 4.89. The largest absolute Gasteiger partial charge is 0.454 e. The number of hydrogen-bond acceptors (Lipinski definition) is 4. The molecule has 0 atom stereocenters. The minimum atomic E-state index is -3.48. The predicted octanol–water partition coefficient (Wildman–Crippen LogP) is 1.32. The van der Waals surface area contributed by atoms with E-state index in [9.17, 15) is 13.2 Å². The molecular formula is C4H6Cl2O4S. The summed E-state index contributed by atoms with van der Waals surface area (Å²) in [5.74, 6) is -0.223. The van der Waals surface area contributed by atoms with E-state index in [1.165, 1.54) is 0 Å². The Hall–Kier alpha value is -0.000000000000000111. The van der Waals surface area contributed by atoms with Gasteiger partial charge in [0.1, 0.15) is 0 Å². The van der Waals surface area contributed by atoms with Crippen LogP contribution in [0.15, 0.2) is 0 Å². The first-order valence-electron chi connectivity index (χ1n) is 2.66. The molecule has 0 aromatic carbocycles. The van der Waals surface area contributed by atoms with E-state index in [4.69, 9.17) is 22.3 Å². The molecule has 0 aromatic heterocycles. The van der Waals surface area contributed by atoms with Gasteiger partial charge in [-0.2, -0.15) is 0 Å². The summed E-state index contributed by atoms with van der Waals surface area (Å²) in [5.41, 5.74) is -0.947. The van der Waals surface area contributed by atoms with Gasteiger partial charge >= 0.3 is 5.43 Å². The van der Waals surface area contributed by atoms with Crippen LogP contribution >= 0.6 is 22.3 Å². The Bertz CT molecular complexity index is 222. The minimum absolute atomic E-state index is 0.0334. The van der Waals surface area contributed by atoms with Crippen molar-refractivity contribution in [2.75, 3.05) is 12.4 Å². The van der Waals surface area contributed by atoms with E-state index in [1.807, 2.05) is 0 Å². The first kappa shape index (κ1) is 11.0. The molecular weight excluding hydrogens is 215 g/mol. The van der Waals surface area contributed by atoms with E-state index in [-0.39, 0.29) is 18.8 Å². The molecule has 0 aromatic rings. The summed E-state index contributed by atoms with van der Waals surface area (Å²) in [6.07, 6.45) is 0.157. The lowest BCUT2D eigenvalue weighted by Crippen LogP contribution is -2.03. The van der Waals surface area contributed by atoms with Crippen LogP contribution in [0.3, 0.4) is 0 Å². The number of carbonyl (C=O) groups excluding carboxylic acids is 1. The summed E-state index contributed by atoms with van der Waals surface area (Å²) < 4.78 is 24.8. The van der Waals surface area contributed by atoms with Gasteiger partial charge < -0.3 is 4.74 Å². The topological polar surface area (TPSA) is 60.4 Å². The fourth-order valence-corrected chi connectivity index (χ4v) is 1.25. The van der Waals surface area contributed by atoms with Crippen molar-refractivity contribution in [2.45, 2.75) is 6.42 Å². The predicted molar refractivity (Wildman–Crippen MR) is 41.5 cm³/mol. The third-order valence-electron chi connectivity index (χ3n) is 0.748. The van der Waals surface area contributed by atoms with Crippen LogP contribution in [0.25, 0.3) is 0 Å². The molecule has 0 saturated heterocycles.